The van der Waals surface area contributed by atoms with Gasteiger partial charge >= 0.3 is 0 Å². The molecule has 0 saturated heterocycles. The van der Waals surface area contributed by atoms with E-state index in [1.165, 1.54) is 0 Å². The Kier molecular flexibility index (Phi) is 2.60. The Morgan fingerprint density at radius 2 is 2.55 bits per heavy atom. The predicted molar refractivity (Wildman–Crippen MR) is 41.3 cm³/mol. The average molecular weight is 149 g/mol. The van der Waals surface area contributed by atoms with Crippen molar-refractivity contribution in [1.82, 2.24) is 9.97 Å². The minimum atomic E-state index is 0.463. The van der Waals surface area contributed by atoms with Crippen molar-refractivity contribution in [3.05, 3.63) is 30.7 Å². The molecular formula is C8H9N2O. The molecule has 0 fully saturated rings. The first-order chi connectivity index (χ1) is 5.33. The summed E-state index contributed by atoms with van der Waals surface area (Å²) in [5, 5.41) is 0. The molecule has 11 heavy (non-hydrogen) atoms. The van der Waals surface area contributed by atoms with Gasteiger partial charge in [0.2, 0.25) is 12.2 Å². The lowest BCUT2D eigenvalue weighted by Gasteiger charge is -1.99. The van der Waals surface area contributed by atoms with Crippen LogP contribution in [0.4, 0.5) is 0 Å². The van der Waals surface area contributed by atoms with Crippen LogP contribution in [0.2, 0.25) is 0 Å². The highest BCUT2D eigenvalue weighted by Gasteiger charge is 1.93. The second-order valence-electron chi connectivity index (χ2n) is 2.05. The van der Waals surface area contributed by atoms with Gasteiger partial charge in [0.1, 0.15) is 6.61 Å². The zero-order valence-corrected chi connectivity index (χ0v) is 6.37. The molecule has 0 aliphatic rings. The molecule has 57 valence electrons. The summed E-state index contributed by atoms with van der Waals surface area (Å²) in [5.74, 6) is 0.539. The van der Waals surface area contributed by atoms with Crippen LogP contribution < -0.4 is 4.74 Å². The maximum absolute atomic E-state index is 5.14. The van der Waals surface area contributed by atoms with Crippen molar-refractivity contribution in [3.63, 3.8) is 0 Å². The summed E-state index contributed by atoms with van der Waals surface area (Å²) in [5.41, 5.74) is 0.846. The van der Waals surface area contributed by atoms with E-state index in [9.17, 15) is 0 Å². The third-order valence-electron chi connectivity index (χ3n) is 1.07. The van der Waals surface area contributed by atoms with Crippen molar-refractivity contribution in [3.8, 4) is 5.88 Å². The molecule has 1 radical (unpaired) electrons. The topological polar surface area (TPSA) is 35.0 Å². The van der Waals surface area contributed by atoms with Crippen LogP contribution in [0.1, 0.15) is 5.69 Å². The number of hydrogen-bond acceptors (Lipinski definition) is 3. The molecule has 1 heterocycles. The van der Waals surface area contributed by atoms with Crippen LogP contribution in [0.5, 0.6) is 5.88 Å². The molecule has 0 saturated carbocycles. The van der Waals surface area contributed by atoms with Gasteiger partial charge in [0.25, 0.3) is 0 Å². The lowest BCUT2D eigenvalue weighted by Crippen LogP contribution is -1.96. The molecule has 1 aromatic rings. The van der Waals surface area contributed by atoms with E-state index in [0.717, 1.165) is 5.69 Å². The van der Waals surface area contributed by atoms with Crippen molar-refractivity contribution < 1.29 is 4.74 Å². The summed E-state index contributed by atoms with van der Waals surface area (Å²) >= 11 is 0. The van der Waals surface area contributed by atoms with Gasteiger partial charge in [0.15, 0.2) is 0 Å². The highest BCUT2D eigenvalue weighted by atomic mass is 16.5. The predicted octanol–water partition coefficient (Wildman–Crippen LogP) is 1.15. The Hall–Kier alpha value is -1.38. The van der Waals surface area contributed by atoms with Crippen molar-refractivity contribution in [2.45, 2.75) is 6.92 Å². The summed E-state index contributed by atoms with van der Waals surface area (Å²) in [7, 11) is 0. The summed E-state index contributed by atoms with van der Waals surface area (Å²) in [6.07, 6.45) is 4.14. The molecule has 1 aromatic heterocycles. The van der Waals surface area contributed by atoms with Crippen LogP contribution in [0.3, 0.4) is 0 Å². The van der Waals surface area contributed by atoms with E-state index >= 15 is 0 Å². The summed E-state index contributed by atoms with van der Waals surface area (Å²) in [6, 6.07) is 1.75. The van der Waals surface area contributed by atoms with E-state index in [4.69, 9.17) is 4.74 Å². The van der Waals surface area contributed by atoms with Gasteiger partial charge in [-0.1, -0.05) is 12.7 Å². The molecule has 0 unspecified atom stereocenters. The van der Waals surface area contributed by atoms with Gasteiger partial charge in [0, 0.05) is 11.8 Å². The molecule has 0 aromatic carbocycles. The van der Waals surface area contributed by atoms with Gasteiger partial charge in [-0.2, -0.15) is 4.98 Å². The minimum Gasteiger partial charge on any atom is -0.473 e. The largest absolute Gasteiger partial charge is 0.473 e. The molecule has 0 spiro atoms. The molecule has 0 atom stereocenters. The van der Waals surface area contributed by atoms with Gasteiger partial charge < -0.3 is 4.74 Å². The van der Waals surface area contributed by atoms with Crippen molar-refractivity contribution in [2.75, 3.05) is 6.61 Å². The average Bonchev–Trinajstić information content (AvgIpc) is 2.01. The molecule has 3 nitrogen and oxygen atoms in total. The van der Waals surface area contributed by atoms with Crippen molar-refractivity contribution >= 4 is 0 Å². The van der Waals surface area contributed by atoms with E-state index in [-0.39, 0.29) is 0 Å². The molecule has 3 heteroatoms. The normalized spacial score (nSPS) is 9.18. The highest BCUT2D eigenvalue weighted by molar-refractivity contribution is 5.11. The molecule has 0 N–H and O–H groups in total. The fourth-order valence-electron chi connectivity index (χ4n) is 0.615. The maximum Gasteiger partial charge on any atom is 0.217 e. The zero-order valence-electron chi connectivity index (χ0n) is 6.37. The Bertz CT molecular complexity index is 248. The lowest BCUT2D eigenvalue weighted by molar-refractivity contribution is 0.347. The van der Waals surface area contributed by atoms with Gasteiger partial charge in [0.05, 0.1) is 0 Å². The summed E-state index contributed by atoms with van der Waals surface area (Å²) in [4.78, 5) is 7.58. The first-order valence-electron chi connectivity index (χ1n) is 3.28. The van der Waals surface area contributed by atoms with Gasteiger partial charge in [-0.15, -0.1) is 0 Å². The third kappa shape index (κ3) is 2.37. The number of nitrogens with zero attached hydrogens (tertiary/aromatic N) is 2. The van der Waals surface area contributed by atoms with E-state index in [2.05, 4.69) is 22.9 Å². The molecule has 1 rings (SSSR count). The number of hydrogen-bond donors (Lipinski definition) is 0. The smallest absolute Gasteiger partial charge is 0.217 e. The van der Waals surface area contributed by atoms with Crippen molar-refractivity contribution in [1.29, 1.82) is 0 Å². The number of aromatic nitrogens is 2. The summed E-state index contributed by atoms with van der Waals surface area (Å²) in [6.45, 7) is 5.84. The number of ether oxygens (including phenoxy) is 1. The number of rotatable bonds is 3. The Morgan fingerprint density at radius 1 is 1.73 bits per heavy atom. The first-order valence-corrected chi connectivity index (χ1v) is 3.28. The summed E-state index contributed by atoms with van der Waals surface area (Å²) < 4.78 is 5.14. The fraction of sp³-hybridized carbons (Fsp3) is 0.250. The molecule has 0 aliphatic carbocycles. The van der Waals surface area contributed by atoms with Crippen LogP contribution in [0, 0.1) is 13.3 Å². The standard InChI is InChI=1S/C8H9N2O/c1-3-4-11-8-5-7(2)9-6-10-8/h3,5H,1,4H2,2H3. The second kappa shape index (κ2) is 3.71. The highest BCUT2D eigenvalue weighted by Crippen LogP contribution is 2.04. The Labute approximate surface area is 65.8 Å². The second-order valence-corrected chi connectivity index (χ2v) is 2.05. The molecule has 0 aliphatic heterocycles. The van der Waals surface area contributed by atoms with E-state index in [1.807, 2.05) is 6.92 Å². The third-order valence-corrected chi connectivity index (χ3v) is 1.07. The Balaban J connectivity index is 2.63. The van der Waals surface area contributed by atoms with Crippen LogP contribution >= 0.6 is 0 Å². The van der Waals surface area contributed by atoms with Gasteiger partial charge in [-0.3, -0.25) is 0 Å². The van der Waals surface area contributed by atoms with Gasteiger partial charge in [-0.25, -0.2) is 4.98 Å². The SMILES string of the molecule is C=CCOc1cc(C)n[c]n1. The zero-order chi connectivity index (χ0) is 8.10. The Morgan fingerprint density at radius 3 is 3.18 bits per heavy atom. The van der Waals surface area contributed by atoms with Crippen LogP contribution in [-0.4, -0.2) is 16.6 Å². The van der Waals surface area contributed by atoms with Crippen LogP contribution in [-0.2, 0) is 0 Å². The van der Waals surface area contributed by atoms with Crippen LogP contribution in [0.15, 0.2) is 18.7 Å². The van der Waals surface area contributed by atoms with E-state index in [1.54, 1.807) is 12.1 Å². The monoisotopic (exact) mass is 149 g/mol. The van der Waals surface area contributed by atoms with E-state index in [0.29, 0.717) is 12.5 Å². The minimum absolute atomic E-state index is 0.463. The molecule has 0 bridgehead atoms. The first kappa shape index (κ1) is 7.72. The lowest BCUT2D eigenvalue weighted by atomic mass is 10.4. The quantitative estimate of drug-likeness (QED) is 0.605. The van der Waals surface area contributed by atoms with Crippen molar-refractivity contribution in [2.24, 2.45) is 0 Å². The van der Waals surface area contributed by atoms with E-state index < -0.39 is 0 Å². The van der Waals surface area contributed by atoms with Gasteiger partial charge in [-0.05, 0) is 6.92 Å². The molecule has 0 amide bonds. The number of aryl methyl sites for hydroxylation is 1. The molecular weight excluding hydrogens is 140 g/mol. The van der Waals surface area contributed by atoms with Crippen LogP contribution in [0.25, 0.3) is 0 Å². The fourth-order valence-corrected chi connectivity index (χ4v) is 0.615. The maximum atomic E-state index is 5.14.